The molecule has 1 amide bonds. The van der Waals surface area contributed by atoms with Crippen molar-refractivity contribution in [2.24, 2.45) is 5.41 Å². The van der Waals surface area contributed by atoms with Crippen LogP contribution in [0.4, 0.5) is 13.2 Å². The summed E-state index contributed by atoms with van der Waals surface area (Å²) in [4.78, 5) is 12.3. The monoisotopic (exact) mass is 348 g/mol. The first-order valence-corrected chi connectivity index (χ1v) is 7.54. The molecule has 3 rings (SSSR count). The smallest absolute Gasteiger partial charge is 0.333 e. The predicted molar refractivity (Wildman–Crippen MR) is 82.8 cm³/mol. The van der Waals surface area contributed by atoms with E-state index in [-0.39, 0.29) is 11.0 Å². The number of hydrogen-bond donors (Lipinski definition) is 1. The highest BCUT2D eigenvalue weighted by atomic mass is 19.4. The molecule has 1 unspecified atom stereocenters. The fourth-order valence-electron chi connectivity index (χ4n) is 2.70. The van der Waals surface area contributed by atoms with Gasteiger partial charge in [-0.2, -0.15) is 23.5 Å². The molecule has 1 saturated carbocycles. The van der Waals surface area contributed by atoms with Gasteiger partial charge in [0.25, 0.3) is 5.91 Å². The number of nitrogens with one attached hydrogen (secondary N) is 1. The molecule has 5 nitrogen and oxygen atoms in total. The van der Waals surface area contributed by atoms with E-state index in [1.807, 2.05) is 13.8 Å². The first-order valence-electron chi connectivity index (χ1n) is 7.54. The molecule has 0 bridgehead atoms. The van der Waals surface area contributed by atoms with Gasteiger partial charge in [0.1, 0.15) is 5.54 Å². The van der Waals surface area contributed by atoms with Crippen molar-refractivity contribution in [2.75, 3.05) is 0 Å². The second-order valence-electron chi connectivity index (χ2n) is 6.75. The van der Waals surface area contributed by atoms with Crippen LogP contribution in [0.2, 0.25) is 0 Å². The quantitative estimate of drug-likeness (QED) is 0.925. The second-order valence-corrected chi connectivity index (χ2v) is 6.75. The largest absolute Gasteiger partial charge is 0.416 e. The van der Waals surface area contributed by atoms with Crippen molar-refractivity contribution in [3.05, 3.63) is 47.8 Å². The fraction of sp³-hybridized carbons (Fsp3) is 0.353. The summed E-state index contributed by atoms with van der Waals surface area (Å²) in [5.41, 5.74) is -1.30. The van der Waals surface area contributed by atoms with Crippen molar-refractivity contribution < 1.29 is 18.0 Å². The lowest BCUT2D eigenvalue weighted by molar-refractivity contribution is -0.137. The van der Waals surface area contributed by atoms with Gasteiger partial charge < -0.3 is 5.32 Å². The number of nitrogens with zero attached hydrogens (tertiary/aromatic N) is 3. The minimum atomic E-state index is -4.41. The van der Waals surface area contributed by atoms with Crippen LogP contribution in [0.25, 0.3) is 5.69 Å². The lowest BCUT2D eigenvalue weighted by Crippen LogP contribution is -2.39. The summed E-state index contributed by atoms with van der Waals surface area (Å²) in [6.07, 6.45) is -1.11. The average Bonchev–Trinajstić information content (AvgIpc) is 2.90. The number of carbonyl (C=O) groups excluding carboxylic acids is 1. The molecule has 0 radical (unpaired) electrons. The lowest BCUT2D eigenvalue weighted by Gasteiger charge is -2.13. The van der Waals surface area contributed by atoms with Crippen LogP contribution in [0, 0.1) is 16.7 Å². The van der Waals surface area contributed by atoms with Crippen molar-refractivity contribution in [1.82, 2.24) is 15.1 Å². The van der Waals surface area contributed by atoms with Crippen molar-refractivity contribution in [3.63, 3.8) is 0 Å². The van der Waals surface area contributed by atoms with Crippen LogP contribution in [0.3, 0.4) is 0 Å². The molecule has 1 aromatic heterocycles. The highest BCUT2D eigenvalue weighted by molar-refractivity contribution is 5.95. The molecular weight excluding hydrogens is 333 g/mol. The molecule has 1 heterocycles. The van der Waals surface area contributed by atoms with E-state index in [0.717, 1.165) is 12.1 Å². The van der Waals surface area contributed by atoms with Gasteiger partial charge in [0.2, 0.25) is 0 Å². The third kappa shape index (κ3) is 2.97. The summed E-state index contributed by atoms with van der Waals surface area (Å²) in [5.74, 6) is -0.440. The molecule has 0 saturated heterocycles. The first kappa shape index (κ1) is 17.0. The Bertz CT molecular complexity index is 861. The number of carbonyl (C=O) groups is 1. The summed E-state index contributed by atoms with van der Waals surface area (Å²) < 4.78 is 39.1. The van der Waals surface area contributed by atoms with Crippen LogP contribution in [-0.2, 0) is 6.18 Å². The van der Waals surface area contributed by atoms with Crippen LogP contribution in [0.1, 0.15) is 36.2 Å². The SMILES string of the molecule is CC1(C)CC1(C#N)NC(=O)c1cnn(-c2ccc(C(F)(F)F)cc2)c1. The number of benzene rings is 1. The van der Waals surface area contributed by atoms with Gasteiger partial charge in [-0.05, 0) is 30.7 Å². The Morgan fingerprint density at radius 1 is 1.32 bits per heavy atom. The molecule has 25 heavy (non-hydrogen) atoms. The fourth-order valence-corrected chi connectivity index (χ4v) is 2.70. The second kappa shape index (κ2) is 5.34. The Hall–Kier alpha value is -2.82. The summed E-state index contributed by atoms with van der Waals surface area (Å²) in [5, 5.41) is 16.0. The molecule has 130 valence electrons. The highest BCUT2D eigenvalue weighted by Gasteiger charge is 2.63. The number of aromatic nitrogens is 2. The topological polar surface area (TPSA) is 70.7 Å². The van der Waals surface area contributed by atoms with E-state index in [0.29, 0.717) is 12.1 Å². The van der Waals surface area contributed by atoms with E-state index in [9.17, 15) is 23.2 Å². The highest BCUT2D eigenvalue weighted by Crippen LogP contribution is 2.55. The average molecular weight is 348 g/mol. The first-order chi connectivity index (χ1) is 11.6. The molecule has 1 aromatic carbocycles. The molecule has 0 aliphatic heterocycles. The lowest BCUT2D eigenvalue weighted by atomic mass is 10.1. The van der Waals surface area contributed by atoms with Gasteiger partial charge in [0, 0.05) is 11.6 Å². The molecule has 1 N–H and O–H groups in total. The van der Waals surface area contributed by atoms with Gasteiger partial charge in [-0.3, -0.25) is 4.79 Å². The number of nitriles is 1. The van der Waals surface area contributed by atoms with E-state index in [1.165, 1.54) is 29.2 Å². The van der Waals surface area contributed by atoms with Gasteiger partial charge >= 0.3 is 6.18 Å². The Morgan fingerprint density at radius 3 is 2.40 bits per heavy atom. The molecule has 1 aliphatic rings. The van der Waals surface area contributed by atoms with Crippen LogP contribution in [0.15, 0.2) is 36.7 Å². The standard InChI is InChI=1S/C17H15F3N4O/c1-15(2)9-16(15,10-21)23-14(25)11-7-22-24(8-11)13-5-3-12(4-6-13)17(18,19)20/h3-8H,9H2,1-2H3,(H,23,25). The van der Waals surface area contributed by atoms with E-state index in [1.54, 1.807) is 0 Å². The molecule has 2 aromatic rings. The zero-order chi connectivity index (χ0) is 18.5. The number of amides is 1. The summed E-state index contributed by atoms with van der Waals surface area (Å²) >= 11 is 0. The van der Waals surface area contributed by atoms with Crippen molar-refractivity contribution >= 4 is 5.91 Å². The third-order valence-corrected chi connectivity index (χ3v) is 4.56. The normalized spacial score (nSPS) is 21.4. The molecular formula is C17H15F3N4O. The number of hydrogen-bond acceptors (Lipinski definition) is 3. The van der Waals surface area contributed by atoms with E-state index in [2.05, 4.69) is 16.5 Å². The molecule has 8 heteroatoms. The molecule has 1 atom stereocenters. The number of halogens is 3. The van der Waals surface area contributed by atoms with Gasteiger partial charge in [-0.15, -0.1) is 0 Å². The van der Waals surface area contributed by atoms with E-state index in [4.69, 9.17) is 0 Å². The van der Waals surface area contributed by atoms with Gasteiger partial charge in [-0.1, -0.05) is 13.8 Å². The number of alkyl halides is 3. The van der Waals surface area contributed by atoms with Gasteiger partial charge in [0.05, 0.1) is 29.1 Å². The van der Waals surface area contributed by atoms with Crippen LogP contribution in [0.5, 0.6) is 0 Å². The summed E-state index contributed by atoms with van der Waals surface area (Å²) in [7, 11) is 0. The molecule has 1 fully saturated rings. The molecule has 1 aliphatic carbocycles. The summed E-state index contributed by atoms with van der Waals surface area (Å²) in [6.45, 7) is 3.78. The van der Waals surface area contributed by atoms with Gasteiger partial charge in [0.15, 0.2) is 0 Å². The Kier molecular flexibility index (Phi) is 3.64. The maximum Gasteiger partial charge on any atom is 0.416 e. The maximum absolute atomic E-state index is 12.6. The Morgan fingerprint density at radius 2 is 1.92 bits per heavy atom. The predicted octanol–water partition coefficient (Wildman–Crippen LogP) is 3.31. The molecule has 0 spiro atoms. The van der Waals surface area contributed by atoms with Crippen LogP contribution >= 0.6 is 0 Å². The van der Waals surface area contributed by atoms with E-state index >= 15 is 0 Å². The number of rotatable bonds is 3. The van der Waals surface area contributed by atoms with Crippen LogP contribution in [-0.4, -0.2) is 21.2 Å². The minimum absolute atomic E-state index is 0.234. The maximum atomic E-state index is 12.6. The van der Waals surface area contributed by atoms with Crippen molar-refractivity contribution in [3.8, 4) is 11.8 Å². The van der Waals surface area contributed by atoms with Crippen molar-refractivity contribution in [1.29, 1.82) is 5.26 Å². The zero-order valence-corrected chi connectivity index (χ0v) is 13.6. The third-order valence-electron chi connectivity index (χ3n) is 4.56. The summed E-state index contributed by atoms with van der Waals surface area (Å²) in [6, 6.07) is 6.59. The van der Waals surface area contributed by atoms with Gasteiger partial charge in [-0.25, -0.2) is 4.68 Å². The minimum Gasteiger partial charge on any atom is -0.333 e. The Balaban J connectivity index is 1.77. The van der Waals surface area contributed by atoms with E-state index < -0.39 is 23.2 Å². The Labute approximate surface area is 142 Å². The zero-order valence-electron chi connectivity index (χ0n) is 13.6. The van der Waals surface area contributed by atoms with Crippen molar-refractivity contribution in [2.45, 2.75) is 32.0 Å². The van der Waals surface area contributed by atoms with Crippen LogP contribution < -0.4 is 5.32 Å².